The Hall–Kier alpha value is 0.693. The van der Waals surface area contributed by atoms with Gasteiger partial charge in [-0.05, 0) is 0 Å². The molecule has 4 heteroatoms. The molecule has 0 fully saturated rings. The normalized spacial score (nSPS) is 5.71. The van der Waals surface area contributed by atoms with Gasteiger partial charge in [0.2, 0.25) is 0 Å². The summed E-state index contributed by atoms with van der Waals surface area (Å²) in [5.41, 5.74) is 0. The van der Waals surface area contributed by atoms with E-state index in [0.29, 0.717) is 0 Å². The van der Waals surface area contributed by atoms with Crippen molar-refractivity contribution >= 4 is 25.7 Å². The Bertz CT molecular complexity index is 48.2. The third-order valence-electron chi connectivity index (χ3n) is 0.228. The zero-order chi connectivity index (χ0) is 6.28. The quantitative estimate of drug-likeness (QED) is 0.281. The first-order valence-corrected chi connectivity index (χ1v) is 10.5. The Morgan fingerprint density at radius 2 is 2.00 bits per heavy atom. The number of ether oxygens (including phenoxy) is 1. The number of methoxy groups -OCH3 is 1. The minimum absolute atomic E-state index is 0.495. The third kappa shape index (κ3) is 20.3. The Kier molecular flexibility index (Phi) is 15.0. The molecule has 0 radical (unpaired) electrons. The number of rotatable bonds is 0. The number of hydrogen-bond acceptors (Lipinski definition) is 2. The van der Waals surface area contributed by atoms with Gasteiger partial charge in [-0.15, -0.1) is 0 Å². The average Bonchev–Trinajstić information content (AvgIpc) is 1.73. The van der Waals surface area contributed by atoms with Crippen LogP contribution in [0.3, 0.4) is 0 Å². The molecule has 0 aromatic rings. The van der Waals surface area contributed by atoms with Crippen LogP contribution in [0.15, 0.2) is 0 Å². The summed E-state index contributed by atoms with van der Waals surface area (Å²) in [4.78, 5) is 9.48. The van der Waals surface area contributed by atoms with Gasteiger partial charge in [0, 0.05) is 0 Å². The van der Waals surface area contributed by atoms with Crippen LogP contribution in [0.2, 0.25) is 0 Å². The fourth-order valence-electron chi connectivity index (χ4n) is 0. The molecular weight excluding hydrogens is 260 g/mol. The summed E-state index contributed by atoms with van der Waals surface area (Å²) in [6, 6.07) is 0. The molecule has 0 aromatic heterocycles. The topological polar surface area (TPSA) is 26.3 Å². The molecule has 0 aromatic carbocycles. The summed E-state index contributed by atoms with van der Waals surface area (Å²) in [5.74, 6) is -0.495. The van der Waals surface area contributed by atoms with Crippen molar-refractivity contribution in [1.82, 2.24) is 0 Å². The molecule has 0 saturated heterocycles. The SMILES string of the molecule is [CH2-]C(=O)OC.[Zn+][I]. The van der Waals surface area contributed by atoms with E-state index in [4.69, 9.17) is 0 Å². The van der Waals surface area contributed by atoms with Crippen molar-refractivity contribution in [2.75, 3.05) is 7.11 Å². The van der Waals surface area contributed by atoms with Crippen LogP contribution in [-0.2, 0) is 24.3 Å². The summed E-state index contributed by atoms with van der Waals surface area (Å²) in [7, 11) is 1.29. The van der Waals surface area contributed by atoms with Crippen molar-refractivity contribution in [3.8, 4) is 0 Å². The van der Waals surface area contributed by atoms with Crippen molar-refractivity contribution in [1.29, 1.82) is 0 Å². The van der Waals surface area contributed by atoms with E-state index in [9.17, 15) is 4.79 Å². The molecule has 0 aliphatic heterocycles. The van der Waals surface area contributed by atoms with E-state index in [-0.39, 0.29) is 0 Å². The van der Waals surface area contributed by atoms with Gasteiger partial charge in [0.05, 0.1) is 7.11 Å². The molecule has 7 heavy (non-hydrogen) atoms. The molecule has 0 bridgehead atoms. The van der Waals surface area contributed by atoms with Crippen molar-refractivity contribution in [3.63, 3.8) is 0 Å². The third-order valence-corrected chi connectivity index (χ3v) is 0.228. The van der Waals surface area contributed by atoms with E-state index in [1.165, 1.54) is 21.9 Å². The summed E-state index contributed by atoms with van der Waals surface area (Å²) < 4.78 is 4.00. The molecule has 0 saturated carbocycles. The molecule has 0 heterocycles. The van der Waals surface area contributed by atoms with Crippen LogP contribution in [0.5, 0.6) is 0 Å². The first-order chi connectivity index (χ1) is 3.27. The van der Waals surface area contributed by atoms with Crippen LogP contribution in [-0.4, -0.2) is 13.1 Å². The molecule has 0 aliphatic carbocycles. The Balaban J connectivity index is 0. The van der Waals surface area contributed by atoms with E-state index in [0.717, 1.165) is 0 Å². The number of halogens is 1. The number of hydrogen-bond donors (Lipinski definition) is 0. The number of carbonyl (C=O) groups excluding carboxylic acids is 1. The van der Waals surface area contributed by atoms with Gasteiger partial charge in [0.25, 0.3) is 0 Å². The summed E-state index contributed by atoms with van der Waals surface area (Å²) >= 11 is 3.62. The molecular formula is C3H5IO2Zn. The van der Waals surface area contributed by atoms with Gasteiger partial charge in [0.1, 0.15) is 0 Å². The Morgan fingerprint density at radius 3 is 2.00 bits per heavy atom. The Morgan fingerprint density at radius 1 is 1.86 bits per heavy atom. The number of esters is 1. The van der Waals surface area contributed by atoms with Crippen LogP contribution in [0, 0.1) is 6.92 Å². The second kappa shape index (κ2) is 9.85. The monoisotopic (exact) mass is 264 g/mol. The molecule has 2 nitrogen and oxygen atoms in total. The van der Waals surface area contributed by atoms with Gasteiger partial charge >= 0.3 is 34.5 Å². The van der Waals surface area contributed by atoms with Crippen LogP contribution < -0.4 is 0 Å². The first-order valence-electron chi connectivity index (χ1n) is 1.44. The molecule has 38 valence electrons. The predicted octanol–water partition coefficient (Wildman–Crippen LogP) is 0.877. The maximum atomic E-state index is 9.48. The molecule has 0 spiro atoms. The molecule has 0 amide bonds. The van der Waals surface area contributed by atoms with Crippen molar-refractivity contribution in [3.05, 3.63) is 6.92 Å². The minimum atomic E-state index is -0.495. The zero-order valence-electron chi connectivity index (χ0n) is 4.11. The van der Waals surface area contributed by atoms with E-state index < -0.39 is 5.97 Å². The second-order valence-corrected chi connectivity index (χ2v) is 0.576. The fraction of sp³-hybridized carbons (Fsp3) is 0.333. The van der Waals surface area contributed by atoms with Crippen LogP contribution >= 0.6 is 19.8 Å². The maximum absolute atomic E-state index is 9.48. The summed E-state index contributed by atoms with van der Waals surface area (Å²) in [5, 5.41) is 0. The van der Waals surface area contributed by atoms with Gasteiger partial charge in [-0.25, -0.2) is 0 Å². The molecule has 0 unspecified atom stereocenters. The molecule has 0 N–H and O–H groups in total. The van der Waals surface area contributed by atoms with Gasteiger partial charge in [-0.3, -0.25) is 11.7 Å². The van der Waals surface area contributed by atoms with Crippen molar-refractivity contribution in [2.45, 2.75) is 0 Å². The zero-order valence-corrected chi connectivity index (χ0v) is 9.23. The second-order valence-electron chi connectivity index (χ2n) is 0.576. The van der Waals surface area contributed by atoms with E-state index in [1.54, 1.807) is 0 Å². The molecule has 0 rings (SSSR count). The van der Waals surface area contributed by atoms with Crippen LogP contribution in [0.25, 0.3) is 0 Å². The van der Waals surface area contributed by atoms with Crippen LogP contribution in [0.4, 0.5) is 0 Å². The number of carbonyl (C=O) groups is 1. The fourth-order valence-corrected chi connectivity index (χ4v) is 0. The average molecular weight is 265 g/mol. The summed E-state index contributed by atoms with van der Waals surface area (Å²) in [6.45, 7) is 2.90. The van der Waals surface area contributed by atoms with Crippen molar-refractivity contribution < 1.29 is 24.3 Å². The van der Waals surface area contributed by atoms with Gasteiger partial charge in [0.15, 0.2) is 5.97 Å². The van der Waals surface area contributed by atoms with Gasteiger partial charge in [-0.1, -0.05) is 0 Å². The molecule has 0 atom stereocenters. The predicted molar refractivity (Wildman–Crippen MR) is 31.4 cm³/mol. The van der Waals surface area contributed by atoms with Crippen molar-refractivity contribution in [2.24, 2.45) is 0 Å². The van der Waals surface area contributed by atoms with Gasteiger partial charge in [-0.2, -0.15) is 0 Å². The molecule has 0 aliphatic rings. The van der Waals surface area contributed by atoms with E-state index in [2.05, 4.69) is 31.4 Å². The van der Waals surface area contributed by atoms with E-state index in [1.807, 2.05) is 0 Å². The van der Waals surface area contributed by atoms with Crippen LogP contribution in [0.1, 0.15) is 0 Å². The Labute approximate surface area is 63.9 Å². The van der Waals surface area contributed by atoms with Gasteiger partial charge < -0.3 is 4.74 Å². The summed E-state index contributed by atoms with van der Waals surface area (Å²) in [6.07, 6.45) is 0. The first kappa shape index (κ1) is 10.6. The van der Waals surface area contributed by atoms with E-state index >= 15 is 0 Å². The standard InChI is InChI=1S/C3H5O2.HI.Zn/c1-3(4)5-2;;/h1H2,2H3;1H;/q-1;;+2/p-1.